The molecule has 5 amide bonds. The van der Waals surface area contributed by atoms with E-state index in [1.54, 1.807) is 4.90 Å². The van der Waals surface area contributed by atoms with Crippen molar-refractivity contribution < 1.29 is 28.8 Å². The molecule has 0 spiro atoms. The minimum Gasteiger partial charge on any atom is -0.346 e. The largest absolute Gasteiger partial charge is 0.346 e. The number of ketones is 1. The highest BCUT2D eigenvalue weighted by Gasteiger charge is 2.50. The summed E-state index contributed by atoms with van der Waals surface area (Å²) in [5.74, 6) is -3.20. The van der Waals surface area contributed by atoms with Crippen molar-refractivity contribution in [2.24, 2.45) is 29.1 Å². The molecule has 53 heavy (non-hydrogen) atoms. The zero-order valence-electron chi connectivity index (χ0n) is 31.7. The molecule has 1 aliphatic heterocycles. The lowest BCUT2D eigenvalue weighted by Crippen LogP contribution is -2.63. The first-order valence-electron chi connectivity index (χ1n) is 19.8. The van der Waals surface area contributed by atoms with Crippen molar-refractivity contribution >= 4 is 35.3 Å². The van der Waals surface area contributed by atoms with E-state index in [4.69, 9.17) is 0 Å². The highest BCUT2D eigenvalue weighted by Crippen LogP contribution is 2.42. The smallest absolute Gasteiger partial charge is 0.289 e. The molecule has 4 aliphatic rings. The number of nitrogens with zero attached hydrogens (tertiary/aromatic N) is 3. The normalized spacial score (nSPS) is 23.3. The second kappa shape index (κ2) is 18.2. The maximum atomic E-state index is 15.0. The van der Waals surface area contributed by atoms with Gasteiger partial charge in [0, 0.05) is 25.5 Å². The van der Waals surface area contributed by atoms with Crippen molar-refractivity contribution in [3.63, 3.8) is 0 Å². The molecule has 5 atom stereocenters. The van der Waals surface area contributed by atoms with E-state index in [-0.39, 0.29) is 41.8 Å². The van der Waals surface area contributed by atoms with E-state index in [0.29, 0.717) is 19.4 Å². The first-order chi connectivity index (χ1) is 25.4. The van der Waals surface area contributed by atoms with Crippen LogP contribution in [0.2, 0.25) is 0 Å². The van der Waals surface area contributed by atoms with Crippen LogP contribution >= 0.6 is 0 Å². The van der Waals surface area contributed by atoms with E-state index >= 15 is 4.79 Å². The number of likely N-dealkylation sites (tertiary alicyclic amines) is 1. The van der Waals surface area contributed by atoms with Crippen LogP contribution in [0.4, 0.5) is 0 Å². The quantitative estimate of drug-likeness (QED) is 0.147. The zero-order valence-corrected chi connectivity index (χ0v) is 31.7. The summed E-state index contributed by atoms with van der Waals surface area (Å²) < 4.78 is 0. The van der Waals surface area contributed by atoms with E-state index in [0.717, 1.165) is 77.0 Å². The molecule has 1 unspecified atom stereocenters. The first-order valence-corrected chi connectivity index (χ1v) is 19.8. The number of Topliss-reactive ketones (excluding diaryl/α,β-unsaturated/α-hetero) is 1. The Morgan fingerprint density at radius 2 is 1.62 bits per heavy atom. The number of rotatable bonds is 16. The topological polar surface area (TPSA) is 180 Å². The van der Waals surface area contributed by atoms with Gasteiger partial charge in [-0.15, -0.1) is 6.58 Å². The van der Waals surface area contributed by atoms with E-state index in [9.17, 15) is 24.0 Å². The standard InChI is InChI=1S/C40H59N7O6/c1-5-19-43-38(52)33(48)29(23-26-14-15-26)44-37(51)32-28(25(2)3)16-22-47(32)39(53)34(40(4)17-10-7-11-18-40)46-36(50)31(27-12-8-6-9-13-27)45-35(49)30-24-41-20-21-42-30/h5,20-21,24-29,31-32,34H,1,6-19,22-23H2,2-4H3,(H,43,52)(H,44,51)(H,45,49)(H,46,50)/t28-,29?,31+,32+,34-/m1/s1. The number of amides is 5. The van der Waals surface area contributed by atoms with Gasteiger partial charge in [0.25, 0.3) is 11.8 Å². The summed E-state index contributed by atoms with van der Waals surface area (Å²) in [4.78, 5) is 93.0. The van der Waals surface area contributed by atoms with Gasteiger partial charge in [-0.3, -0.25) is 33.8 Å². The number of carbonyl (C=O) groups is 6. The molecule has 0 radical (unpaired) electrons. The molecule has 3 aliphatic carbocycles. The van der Waals surface area contributed by atoms with Gasteiger partial charge in [0.15, 0.2) is 0 Å². The Morgan fingerprint density at radius 1 is 0.925 bits per heavy atom. The molecule has 290 valence electrons. The second-order valence-electron chi connectivity index (χ2n) is 16.4. The van der Waals surface area contributed by atoms with Crippen LogP contribution in [0.1, 0.15) is 121 Å². The fourth-order valence-electron chi connectivity index (χ4n) is 8.76. The Morgan fingerprint density at radius 3 is 2.25 bits per heavy atom. The van der Waals surface area contributed by atoms with Crippen molar-refractivity contribution in [1.29, 1.82) is 0 Å². The van der Waals surface area contributed by atoms with E-state index in [1.165, 1.54) is 24.7 Å². The van der Waals surface area contributed by atoms with Crippen molar-refractivity contribution in [3.05, 3.63) is 36.9 Å². The summed E-state index contributed by atoms with van der Waals surface area (Å²) in [7, 11) is 0. The van der Waals surface area contributed by atoms with E-state index in [2.05, 4.69) is 37.8 Å². The Kier molecular flexibility index (Phi) is 13.8. The fourth-order valence-corrected chi connectivity index (χ4v) is 8.76. The monoisotopic (exact) mass is 733 g/mol. The highest BCUT2D eigenvalue weighted by atomic mass is 16.2. The highest BCUT2D eigenvalue weighted by molar-refractivity contribution is 6.38. The summed E-state index contributed by atoms with van der Waals surface area (Å²) >= 11 is 0. The second-order valence-corrected chi connectivity index (χ2v) is 16.4. The van der Waals surface area contributed by atoms with Gasteiger partial charge in [-0.25, -0.2) is 4.98 Å². The van der Waals surface area contributed by atoms with Crippen LogP contribution in [0.25, 0.3) is 0 Å². The average molecular weight is 734 g/mol. The number of hydrogen-bond acceptors (Lipinski definition) is 8. The van der Waals surface area contributed by atoms with Crippen LogP contribution in [0.15, 0.2) is 31.2 Å². The minimum atomic E-state index is -1.01. The predicted molar refractivity (Wildman–Crippen MR) is 199 cm³/mol. The third-order valence-electron chi connectivity index (χ3n) is 12.1. The SMILES string of the molecule is C=CCNC(=O)C(=O)C(CC1CC1)NC(=O)[C@@H]1[C@@H](C(C)C)CCN1C(=O)[C@@H](NC(=O)[C@@H](NC(=O)c1cnccn1)C1CCCCC1)C1(C)CCCCC1. The van der Waals surface area contributed by atoms with Crippen molar-refractivity contribution in [2.75, 3.05) is 13.1 Å². The maximum absolute atomic E-state index is 15.0. The van der Waals surface area contributed by atoms with Crippen molar-refractivity contribution in [2.45, 2.75) is 135 Å². The van der Waals surface area contributed by atoms with Gasteiger partial charge in [0.05, 0.1) is 12.2 Å². The molecule has 0 bridgehead atoms. The molecule has 3 saturated carbocycles. The molecule has 0 aromatic carbocycles. The van der Waals surface area contributed by atoms with Gasteiger partial charge in [-0.05, 0) is 67.6 Å². The van der Waals surface area contributed by atoms with Crippen LogP contribution < -0.4 is 21.3 Å². The van der Waals surface area contributed by atoms with Gasteiger partial charge >= 0.3 is 0 Å². The molecule has 1 aromatic heterocycles. The van der Waals surface area contributed by atoms with Crippen molar-refractivity contribution in [1.82, 2.24) is 36.1 Å². The van der Waals surface area contributed by atoms with Gasteiger partial charge in [0.2, 0.25) is 23.5 Å². The van der Waals surface area contributed by atoms with Gasteiger partial charge < -0.3 is 26.2 Å². The summed E-state index contributed by atoms with van der Waals surface area (Å²) in [6, 6.07) is -3.71. The van der Waals surface area contributed by atoms with Crippen LogP contribution in [-0.2, 0) is 24.0 Å². The summed E-state index contributed by atoms with van der Waals surface area (Å²) in [5.41, 5.74) is -0.475. The summed E-state index contributed by atoms with van der Waals surface area (Å²) in [6.07, 6.45) is 17.3. The predicted octanol–water partition coefficient (Wildman–Crippen LogP) is 3.64. The van der Waals surface area contributed by atoms with Crippen molar-refractivity contribution in [3.8, 4) is 0 Å². The molecular formula is C40H59N7O6. The molecule has 4 N–H and O–H groups in total. The Labute approximate surface area is 313 Å². The van der Waals surface area contributed by atoms with Gasteiger partial charge in [-0.2, -0.15) is 0 Å². The number of hydrogen-bond donors (Lipinski definition) is 4. The molecule has 1 aromatic rings. The van der Waals surface area contributed by atoms with Crippen LogP contribution in [0, 0.1) is 29.1 Å². The number of nitrogens with one attached hydrogen (secondary N) is 4. The third kappa shape index (κ3) is 10.1. The lowest BCUT2D eigenvalue weighted by molar-refractivity contribution is -0.147. The Hall–Kier alpha value is -4.16. The van der Waals surface area contributed by atoms with Gasteiger partial charge in [-0.1, -0.05) is 78.2 Å². The van der Waals surface area contributed by atoms with E-state index < -0.39 is 59.0 Å². The first kappa shape index (κ1) is 40.0. The number of aromatic nitrogens is 2. The lowest BCUT2D eigenvalue weighted by atomic mass is 9.69. The minimum absolute atomic E-state index is 0.0438. The zero-order chi connectivity index (χ0) is 38.1. The van der Waals surface area contributed by atoms with Crippen LogP contribution in [-0.4, -0.2) is 87.4 Å². The molecule has 1 saturated heterocycles. The summed E-state index contributed by atoms with van der Waals surface area (Å²) in [6.45, 7) is 10.1. The molecule has 2 heterocycles. The molecule has 13 heteroatoms. The molecule has 5 rings (SSSR count). The van der Waals surface area contributed by atoms with E-state index in [1.807, 2.05) is 20.8 Å². The fraction of sp³-hybridized carbons (Fsp3) is 0.700. The molecule has 4 fully saturated rings. The Balaban J connectivity index is 1.42. The Bertz CT molecular complexity index is 1490. The number of carbonyl (C=O) groups excluding carboxylic acids is 6. The maximum Gasteiger partial charge on any atom is 0.289 e. The summed E-state index contributed by atoms with van der Waals surface area (Å²) in [5, 5.41) is 11.5. The third-order valence-corrected chi connectivity index (χ3v) is 12.1. The molecular weight excluding hydrogens is 674 g/mol. The van der Waals surface area contributed by atoms with Crippen LogP contribution in [0.5, 0.6) is 0 Å². The van der Waals surface area contributed by atoms with Gasteiger partial charge in [0.1, 0.15) is 23.8 Å². The average Bonchev–Trinajstić information content (AvgIpc) is 3.87. The molecule has 13 nitrogen and oxygen atoms in total. The van der Waals surface area contributed by atoms with Crippen LogP contribution in [0.3, 0.4) is 0 Å². The lowest BCUT2D eigenvalue weighted by Gasteiger charge is -2.43.